The SMILES string of the molecule is COC(=O)c1ccc(C(C)N2CCN(c3ccc(C(C)=O)cc3)CC2)o1. The van der Waals surface area contributed by atoms with E-state index in [9.17, 15) is 9.59 Å². The second-order valence-electron chi connectivity index (χ2n) is 6.50. The zero-order chi connectivity index (χ0) is 18.7. The first kappa shape index (κ1) is 18.2. The van der Waals surface area contributed by atoms with Crippen LogP contribution in [-0.4, -0.2) is 49.9 Å². The number of hydrogen-bond donors (Lipinski definition) is 0. The van der Waals surface area contributed by atoms with Crippen molar-refractivity contribution < 1.29 is 18.7 Å². The van der Waals surface area contributed by atoms with Gasteiger partial charge in [-0.25, -0.2) is 4.79 Å². The van der Waals surface area contributed by atoms with Crippen LogP contribution in [0.3, 0.4) is 0 Å². The van der Waals surface area contributed by atoms with E-state index in [4.69, 9.17) is 4.42 Å². The maximum atomic E-state index is 11.5. The molecule has 1 saturated heterocycles. The van der Waals surface area contributed by atoms with E-state index in [0.717, 1.165) is 43.2 Å². The van der Waals surface area contributed by atoms with Gasteiger partial charge in [-0.2, -0.15) is 0 Å². The summed E-state index contributed by atoms with van der Waals surface area (Å²) in [6.45, 7) is 7.24. The van der Waals surface area contributed by atoms with Gasteiger partial charge in [0.1, 0.15) is 5.76 Å². The summed E-state index contributed by atoms with van der Waals surface area (Å²) in [5, 5.41) is 0. The van der Waals surface area contributed by atoms with Crippen molar-refractivity contribution in [3.63, 3.8) is 0 Å². The number of rotatable bonds is 5. The quantitative estimate of drug-likeness (QED) is 0.606. The van der Waals surface area contributed by atoms with Gasteiger partial charge in [-0.15, -0.1) is 0 Å². The van der Waals surface area contributed by atoms with Crippen molar-refractivity contribution in [2.45, 2.75) is 19.9 Å². The first-order valence-corrected chi connectivity index (χ1v) is 8.77. The predicted molar refractivity (Wildman–Crippen MR) is 98.7 cm³/mol. The van der Waals surface area contributed by atoms with Crippen LogP contribution in [0.4, 0.5) is 5.69 Å². The molecule has 1 aliphatic heterocycles. The van der Waals surface area contributed by atoms with E-state index >= 15 is 0 Å². The van der Waals surface area contributed by atoms with Gasteiger partial charge in [-0.3, -0.25) is 9.69 Å². The lowest BCUT2D eigenvalue weighted by Crippen LogP contribution is -2.47. The molecule has 0 radical (unpaired) electrons. The van der Waals surface area contributed by atoms with Gasteiger partial charge in [-0.1, -0.05) is 0 Å². The van der Waals surface area contributed by atoms with Gasteiger partial charge in [-0.05, 0) is 50.2 Å². The van der Waals surface area contributed by atoms with Crippen LogP contribution < -0.4 is 4.90 Å². The Morgan fingerprint density at radius 3 is 2.27 bits per heavy atom. The van der Waals surface area contributed by atoms with Crippen molar-refractivity contribution >= 4 is 17.4 Å². The molecule has 1 fully saturated rings. The van der Waals surface area contributed by atoms with Crippen molar-refractivity contribution in [2.75, 3.05) is 38.2 Å². The molecule has 0 saturated carbocycles. The number of piperazine rings is 1. The summed E-state index contributed by atoms with van der Waals surface area (Å²) in [4.78, 5) is 27.6. The Kier molecular flexibility index (Phi) is 5.42. The van der Waals surface area contributed by atoms with E-state index in [2.05, 4.69) is 21.5 Å². The third kappa shape index (κ3) is 3.80. The van der Waals surface area contributed by atoms with Crippen LogP contribution in [0.15, 0.2) is 40.8 Å². The zero-order valence-electron chi connectivity index (χ0n) is 15.4. The summed E-state index contributed by atoms with van der Waals surface area (Å²) in [5.41, 5.74) is 1.87. The van der Waals surface area contributed by atoms with Crippen LogP contribution in [0, 0.1) is 0 Å². The van der Waals surface area contributed by atoms with Crippen LogP contribution in [-0.2, 0) is 4.74 Å². The molecule has 6 nitrogen and oxygen atoms in total. The van der Waals surface area contributed by atoms with E-state index < -0.39 is 5.97 Å². The van der Waals surface area contributed by atoms with Crippen molar-refractivity contribution in [3.8, 4) is 0 Å². The van der Waals surface area contributed by atoms with E-state index in [0.29, 0.717) is 0 Å². The van der Waals surface area contributed by atoms with Gasteiger partial charge >= 0.3 is 5.97 Å². The Hall–Kier alpha value is -2.60. The standard InChI is InChI=1S/C20H24N2O4/c1-14(18-8-9-19(26-18)20(24)25-3)21-10-12-22(13-11-21)17-6-4-16(5-7-17)15(2)23/h4-9,14H,10-13H2,1-3H3. The zero-order valence-corrected chi connectivity index (χ0v) is 15.4. The molecule has 0 spiro atoms. The second-order valence-corrected chi connectivity index (χ2v) is 6.50. The third-order valence-corrected chi connectivity index (χ3v) is 4.93. The summed E-state index contributed by atoms with van der Waals surface area (Å²) in [6.07, 6.45) is 0. The molecule has 26 heavy (non-hydrogen) atoms. The first-order chi connectivity index (χ1) is 12.5. The van der Waals surface area contributed by atoms with Crippen LogP contribution in [0.5, 0.6) is 0 Å². The molecule has 0 amide bonds. The minimum Gasteiger partial charge on any atom is -0.463 e. The fourth-order valence-corrected chi connectivity index (χ4v) is 3.24. The minimum atomic E-state index is -0.456. The van der Waals surface area contributed by atoms with Crippen molar-refractivity contribution in [3.05, 3.63) is 53.5 Å². The molecule has 1 unspecified atom stereocenters. The number of furan rings is 1. The Morgan fingerprint density at radius 2 is 1.69 bits per heavy atom. The van der Waals surface area contributed by atoms with Gasteiger partial charge < -0.3 is 14.1 Å². The fraction of sp³-hybridized carbons (Fsp3) is 0.400. The lowest BCUT2D eigenvalue weighted by atomic mass is 10.1. The number of nitrogens with zero attached hydrogens (tertiary/aromatic N) is 2. The fourth-order valence-electron chi connectivity index (χ4n) is 3.24. The molecule has 1 aliphatic rings. The Balaban J connectivity index is 1.60. The summed E-state index contributed by atoms with van der Waals surface area (Å²) < 4.78 is 10.3. The molecule has 0 bridgehead atoms. The van der Waals surface area contributed by atoms with E-state index in [1.54, 1.807) is 13.0 Å². The average Bonchev–Trinajstić information content (AvgIpc) is 3.17. The molecule has 2 aromatic rings. The van der Waals surface area contributed by atoms with Crippen LogP contribution in [0.25, 0.3) is 0 Å². The van der Waals surface area contributed by atoms with Gasteiger partial charge in [0.15, 0.2) is 5.78 Å². The van der Waals surface area contributed by atoms with Gasteiger partial charge in [0.25, 0.3) is 0 Å². The second kappa shape index (κ2) is 7.74. The molecular formula is C20H24N2O4. The molecule has 2 heterocycles. The van der Waals surface area contributed by atoms with Crippen LogP contribution in [0.1, 0.15) is 46.6 Å². The minimum absolute atomic E-state index is 0.0833. The smallest absolute Gasteiger partial charge is 0.373 e. The average molecular weight is 356 g/mol. The number of ether oxygens (including phenoxy) is 1. The Labute approximate surface area is 153 Å². The summed E-state index contributed by atoms with van der Waals surface area (Å²) in [5.74, 6) is 0.630. The number of carbonyl (C=O) groups is 2. The maximum Gasteiger partial charge on any atom is 0.373 e. The monoisotopic (exact) mass is 356 g/mol. The molecule has 1 aromatic heterocycles. The molecule has 1 aromatic carbocycles. The molecule has 1 atom stereocenters. The van der Waals surface area contributed by atoms with Crippen LogP contribution >= 0.6 is 0 Å². The Morgan fingerprint density at radius 1 is 1.04 bits per heavy atom. The lowest BCUT2D eigenvalue weighted by molar-refractivity contribution is 0.0558. The summed E-state index contributed by atoms with van der Waals surface area (Å²) >= 11 is 0. The summed E-state index contributed by atoms with van der Waals surface area (Å²) in [7, 11) is 1.34. The number of ketones is 1. The number of carbonyl (C=O) groups excluding carboxylic acids is 2. The predicted octanol–water partition coefficient (Wildman–Crippen LogP) is 3.15. The topological polar surface area (TPSA) is 63.0 Å². The van der Waals surface area contributed by atoms with E-state index in [1.165, 1.54) is 7.11 Å². The summed E-state index contributed by atoms with van der Waals surface area (Å²) in [6, 6.07) is 11.4. The van der Waals surface area contributed by atoms with Crippen molar-refractivity contribution in [1.82, 2.24) is 4.90 Å². The van der Waals surface area contributed by atoms with E-state index in [1.807, 2.05) is 30.3 Å². The number of hydrogen-bond acceptors (Lipinski definition) is 6. The number of Topliss-reactive ketones (excluding diaryl/α,β-unsaturated/α-hetero) is 1. The highest BCUT2D eigenvalue weighted by atomic mass is 16.5. The number of methoxy groups -OCH3 is 1. The third-order valence-electron chi connectivity index (χ3n) is 4.93. The molecule has 138 valence electrons. The number of benzene rings is 1. The molecule has 6 heteroatoms. The van der Waals surface area contributed by atoms with Crippen LogP contribution in [0.2, 0.25) is 0 Å². The number of esters is 1. The molecule has 0 aliphatic carbocycles. The maximum absolute atomic E-state index is 11.5. The highest BCUT2D eigenvalue weighted by Gasteiger charge is 2.25. The van der Waals surface area contributed by atoms with Gasteiger partial charge in [0.2, 0.25) is 5.76 Å². The molecular weight excluding hydrogens is 332 g/mol. The first-order valence-electron chi connectivity index (χ1n) is 8.77. The largest absolute Gasteiger partial charge is 0.463 e. The van der Waals surface area contributed by atoms with Gasteiger partial charge in [0.05, 0.1) is 13.2 Å². The lowest BCUT2D eigenvalue weighted by Gasteiger charge is -2.38. The highest BCUT2D eigenvalue weighted by molar-refractivity contribution is 5.94. The highest BCUT2D eigenvalue weighted by Crippen LogP contribution is 2.25. The normalized spacial score (nSPS) is 16.3. The van der Waals surface area contributed by atoms with Crippen molar-refractivity contribution in [1.29, 1.82) is 0 Å². The molecule has 3 rings (SSSR count). The number of anilines is 1. The Bertz CT molecular complexity index is 773. The molecule has 0 N–H and O–H groups in total. The van der Waals surface area contributed by atoms with Crippen molar-refractivity contribution in [2.24, 2.45) is 0 Å². The van der Waals surface area contributed by atoms with E-state index in [-0.39, 0.29) is 17.6 Å². The van der Waals surface area contributed by atoms with Gasteiger partial charge in [0, 0.05) is 37.4 Å².